The van der Waals surface area contributed by atoms with E-state index in [0.717, 1.165) is 44.7 Å². The van der Waals surface area contributed by atoms with Crippen LogP contribution in [0.25, 0.3) is 0 Å². The zero-order valence-corrected chi connectivity index (χ0v) is 14.6. The van der Waals surface area contributed by atoms with Gasteiger partial charge in [0.25, 0.3) is 0 Å². The van der Waals surface area contributed by atoms with Crippen molar-refractivity contribution in [2.75, 3.05) is 6.61 Å². The Morgan fingerprint density at radius 3 is 2.48 bits per heavy atom. The molecular formula is C19H32NO3. The molecule has 0 unspecified atom stereocenters. The number of Topliss-reactive ketones (excluding diaryl/α,β-unsaturated/α-hetero) is 1. The number of ether oxygens (including phenoxy) is 1. The monoisotopic (exact) mass is 322 g/mol. The third-order valence-corrected chi connectivity index (χ3v) is 4.44. The molecule has 1 fully saturated rings. The Morgan fingerprint density at radius 2 is 1.78 bits per heavy atom. The molecule has 0 spiro atoms. The molecule has 1 radical (unpaired) electrons. The number of aliphatic imine (C=N–C) groups is 1. The summed E-state index contributed by atoms with van der Waals surface area (Å²) >= 11 is 0. The fourth-order valence-electron chi connectivity index (χ4n) is 2.98. The van der Waals surface area contributed by atoms with Crippen molar-refractivity contribution in [1.29, 1.82) is 0 Å². The molecule has 131 valence electrons. The van der Waals surface area contributed by atoms with Crippen LogP contribution in [-0.2, 0) is 14.3 Å². The molecule has 0 aromatic heterocycles. The third-order valence-electron chi connectivity index (χ3n) is 4.44. The zero-order valence-electron chi connectivity index (χ0n) is 14.6. The second-order valence-electron chi connectivity index (χ2n) is 6.47. The lowest BCUT2D eigenvalue weighted by Gasteiger charge is -2.21. The van der Waals surface area contributed by atoms with Crippen LogP contribution in [0.1, 0.15) is 77.6 Å². The van der Waals surface area contributed by atoms with Gasteiger partial charge in [-0.1, -0.05) is 58.3 Å². The van der Waals surface area contributed by atoms with Gasteiger partial charge in [0.15, 0.2) is 5.78 Å². The van der Waals surface area contributed by atoms with E-state index >= 15 is 0 Å². The molecule has 0 aromatic carbocycles. The minimum atomic E-state index is -0.681. The average molecular weight is 322 g/mol. The Bertz CT molecular complexity index is 373. The van der Waals surface area contributed by atoms with Crippen molar-refractivity contribution in [2.24, 2.45) is 10.9 Å². The van der Waals surface area contributed by atoms with Gasteiger partial charge in [-0.15, -0.1) is 0 Å². The number of hydrogen-bond donors (Lipinski definition) is 0. The predicted octanol–water partition coefficient (Wildman–Crippen LogP) is 4.31. The third kappa shape index (κ3) is 8.87. The molecule has 1 rings (SSSR count). The number of esters is 1. The number of nitrogens with zero attached hydrogens (tertiary/aromatic N) is 1. The predicted molar refractivity (Wildman–Crippen MR) is 93.6 cm³/mol. The molecule has 0 aliphatic heterocycles. The van der Waals surface area contributed by atoms with E-state index in [0.29, 0.717) is 6.61 Å². The molecule has 0 bridgehead atoms. The van der Waals surface area contributed by atoms with Crippen LogP contribution in [0, 0.1) is 12.8 Å². The zero-order chi connectivity index (χ0) is 16.9. The van der Waals surface area contributed by atoms with Crippen molar-refractivity contribution in [3.05, 3.63) is 6.92 Å². The molecule has 0 amide bonds. The fourth-order valence-corrected chi connectivity index (χ4v) is 2.98. The van der Waals surface area contributed by atoms with Gasteiger partial charge < -0.3 is 4.74 Å². The first-order chi connectivity index (χ1) is 11.1. The first-order valence-electron chi connectivity index (χ1n) is 9.22. The molecule has 1 aliphatic rings. The van der Waals surface area contributed by atoms with Gasteiger partial charge in [-0.3, -0.25) is 9.79 Å². The van der Waals surface area contributed by atoms with Crippen LogP contribution in [0.3, 0.4) is 0 Å². The minimum absolute atomic E-state index is 0.0599. The lowest BCUT2D eigenvalue weighted by Crippen LogP contribution is -2.27. The maximum Gasteiger partial charge on any atom is 0.348 e. The van der Waals surface area contributed by atoms with Crippen molar-refractivity contribution in [2.45, 2.75) is 83.6 Å². The standard InChI is InChI=1S/C19H32NO3/c1-3-4-5-6-7-11-14-23-18(21)15-20-16(2)19(22)17-12-9-8-10-13-17/h15-17H,2-14H2,1H3/t16-/m0/s1. The van der Waals surface area contributed by atoms with Gasteiger partial charge in [-0.05, 0) is 26.2 Å². The number of ketones is 1. The summed E-state index contributed by atoms with van der Waals surface area (Å²) in [7, 11) is 0. The van der Waals surface area contributed by atoms with E-state index < -0.39 is 12.0 Å². The second kappa shape index (κ2) is 12.3. The fraction of sp³-hybridized carbons (Fsp3) is 0.789. The molecule has 4 nitrogen and oxygen atoms in total. The first-order valence-corrected chi connectivity index (χ1v) is 9.22. The highest BCUT2D eigenvalue weighted by molar-refractivity contribution is 6.23. The van der Waals surface area contributed by atoms with Crippen LogP contribution < -0.4 is 0 Å². The van der Waals surface area contributed by atoms with Gasteiger partial charge >= 0.3 is 5.97 Å². The topological polar surface area (TPSA) is 55.7 Å². The van der Waals surface area contributed by atoms with Gasteiger partial charge in [0.1, 0.15) is 12.3 Å². The van der Waals surface area contributed by atoms with Crippen molar-refractivity contribution in [3.63, 3.8) is 0 Å². The highest BCUT2D eigenvalue weighted by Crippen LogP contribution is 2.25. The largest absolute Gasteiger partial charge is 0.461 e. The normalized spacial score (nSPS) is 17.3. The van der Waals surface area contributed by atoms with E-state index in [-0.39, 0.29) is 11.7 Å². The van der Waals surface area contributed by atoms with E-state index in [4.69, 9.17) is 4.74 Å². The number of carbonyl (C=O) groups excluding carboxylic acids is 2. The maximum atomic E-state index is 12.2. The summed E-state index contributed by atoms with van der Waals surface area (Å²) in [5.74, 6) is -0.337. The molecule has 4 heteroatoms. The lowest BCUT2D eigenvalue weighted by molar-refractivity contribution is -0.135. The molecule has 0 aromatic rings. The smallest absolute Gasteiger partial charge is 0.348 e. The molecule has 0 heterocycles. The maximum absolute atomic E-state index is 12.2. The van der Waals surface area contributed by atoms with E-state index in [1.165, 1.54) is 32.1 Å². The van der Waals surface area contributed by atoms with Gasteiger partial charge in [0.05, 0.1) is 6.61 Å². The lowest BCUT2D eigenvalue weighted by atomic mass is 9.84. The van der Waals surface area contributed by atoms with Gasteiger partial charge in [0.2, 0.25) is 0 Å². The second-order valence-corrected chi connectivity index (χ2v) is 6.47. The van der Waals surface area contributed by atoms with Crippen LogP contribution in [0.2, 0.25) is 0 Å². The summed E-state index contributed by atoms with van der Waals surface area (Å²) in [5, 5.41) is 0. The van der Waals surface area contributed by atoms with E-state index in [2.05, 4.69) is 18.8 Å². The quantitative estimate of drug-likeness (QED) is 0.323. The molecule has 23 heavy (non-hydrogen) atoms. The summed E-state index contributed by atoms with van der Waals surface area (Å²) < 4.78 is 5.10. The molecule has 1 atom stereocenters. The Hall–Kier alpha value is -1.19. The summed E-state index contributed by atoms with van der Waals surface area (Å²) in [6.45, 7) is 6.38. The van der Waals surface area contributed by atoms with Crippen LogP contribution in [0.4, 0.5) is 0 Å². The Labute approximate surface area is 141 Å². The van der Waals surface area contributed by atoms with Gasteiger partial charge in [-0.25, -0.2) is 4.79 Å². The van der Waals surface area contributed by atoms with Gasteiger partial charge in [-0.2, -0.15) is 0 Å². The van der Waals surface area contributed by atoms with Crippen LogP contribution in [0.5, 0.6) is 0 Å². The average Bonchev–Trinajstić information content (AvgIpc) is 2.59. The summed E-state index contributed by atoms with van der Waals surface area (Å²) in [5.41, 5.74) is 0. The summed E-state index contributed by atoms with van der Waals surface area (Å²) in [6.07, 6.45) is 13.3. The van der Waals surface area contributed by atoms with Crippen LogP contribution in [0.15, 0.2) is 4.99 Å². The Balaban J connectivity index is 2.14. The SMILES string of the molecule is [CH2][C@H](N=CC(=O)OCCCCCCCC)C(=O)C1CCCCC1. The highest BCUT2D eigenvalue weighted by Gasteiger charge is 2.25. The van der Waals surface area contributed by atoms with E-state index in [1.54, 1.807) is 0 Å². The van der Waals surface area contributed by atoms with Crippen molar-refractivity contribution in [3.8, 4) is 0 Å². The van der Waals surface area contributed by atoms with Crippen LogP contribution >= 0.6 is 0 Å². The van der Waals surface area contributed by atoms with E-state index in [9.17, 15) is 9.59 Å². The summed E-state index contributed by atoms with van der Waals surface area (Å²) in [4.78, 5) is 27.7. The molecule has 0 saturated heterocycles. The molecule has 0 N–H and O–H groups in total. The molecule has 1 aliphatic carbocycles. The van der Waals surface area contributed by atoms with Crippen molar-refractivity contribution < 1.29 is 14.3 Å². The Kier molecular flexibility index (Phi) is 10.6. The highest BCUT2D eigenvalue weighted by atomic mass is 16.5. The number of hydrogen-bond acceptors (Lipinski definition) is 4. The van der Waals surface area contributed by atoms with Crippen molar-refractivity contribution >= 4 is 18.0 Å². The first kappa shape index (κ1) is 19.9. The number of unbranched alkanes of at least 4 members (excludes halogenated alkanes) is 5. The summed E-state index contributed by atoms with van der Waals surface area (Å²) in [6, 6.07) is -0.681. The number of rotatable bonds is 11. The van der Waals surface area contributed by atoms with Crippen LogP contribution in [-0.4, -0.2) is 30.6 Å². The van der Waals surface area contributed by atoms with E-state index in [1.807, 2.05) is 0 Å². The molecule has 1 saturated carbocycles. The Morgan fingerprint density at radius 1 is 1.13 bits per heavy atom. The minimum Gasteiger partial charge on any atom is -0.461 e. The van der Waals surface area contributed by atoms with Crippen molar-refractivity contribution in [1.82, 2.24) is 0 Å². The number of carbonyl (C=O) groups is 2. The van der Waals surface area contributed by atoms with Gasteiger partial charge in [0, 0.05) is 5.92 Å². The molecular weight excluding hydrogens is 290 g/mol.